The summed E-state index contributed by atoms with van der Waals surface area (Å²) in [5, 5.41) is 3.44. The molecule has 1 aliphatic heterocycles. The maximum absolute atomic E-state index is 3.44. The summed E-state index contributed by atoms with van der Waals surface area (Å²) >= 11 is 1.97. The minimum atomic E-state index is 0.626. The van der Waals surface area contributed by atoms with E-state index in [0.29, 0.717) is 6.04 Å². The van der Waals surface area contributed by atoms with Crippen LogP contribution < -0.4 is 5.32 Å². The Morgan fingerprint density at radius 2 is 2.06 bits per heavy atom. The highest BCUT2D eigenvalue weighted by Crippen LogP contribution is 2.34. The third-order valence-electron chi connectivity index (χ3n) is 3.78. The van der Waals surface area contributed by atoms with Gasteiger partial charge < -0.3 is 5.32 Å². The normalized spacial score (nSPS) is 21.4. The minimum Gasteiger partial charge on any atom is -0.314 e. The Kier molecular flexibility index (Phi) is 4.60. The number of hydrogen-bond donors (Lipinski definition) is 1. The monoisotopic (exact) mass is 252 g/mol. The first-order chi connectivity index (χ1) is 8.22. The van der Waals surface area contributed by atoms with Crippen LogP contribution in [0.25, 0.3) is 0 Å². The summed E-state index contributed by atoms with van der Waals surface area (Å²) in [6, 6.07) is 5.22. The second kappa shape index (κ2) is 5.98. The van der Waals surface area contributed by atoms with Gasteiger partial charge >= 0.3 is 0 Å². The van der Waals surface area contributed by atoms with Gasteiger partial charge in [-0.15, -0.1) is 11.3 Å². The van der Waals surface area contributed by atoms with Gasteiger partial charge in [0.2, 0.25) is 0 Å². The van der Waals surface area contributed by atoms with Gasteiger partial charge in [-0.2, -0.15) is 0 Å². The average molecular weight is 252 g/mol. The lowest BCUT2D eigenvalue weighted by atomic mass is 9.95. The van der Waals surface area contributed by atoms with Crippen LogP contribution in [0.2, 0.25) is 0 Å². The first-order valence-corrected chi connectivity index (χ1v) is 7.55. The van der Waals surface area contributed by atoms with Crippen molar-refractivity contribution in [2.24, 2.45) is 5.92 Å². The molecule has 0 aromatic carbocycles. The van der Waals surface area contributed by atoms with Crippen molar-refractivity contribution in [1.82, 2.24) is 10.2 Å². The van der Waals surface area contributed by atoms with Crippen LogP contribution in [-0.4, -0.2) is 31.1 Å². The lowest BCUT2D eigenvalue weighted by Gasteiger charge is -2.37. The third-order valence-corrected chi connectivity index (χ3v) is 4.85. The predicted octanol–water partition coefficient (Wildman–Crippen LogP) is 3.05. The van der Waals surface area contributed by atoms with Gasteiger partial charge in [-0.3, -0.25) is 4.90 Å². The van der Waals surface area contributed by atoms with E-state index >= 15 is 0 Å². The van der Waals surface area contributed by atoms with E-state index in [2.05, 4.69) is 43.1 Å². The summed E-state index contributed by atoms with van der Waals surface area (Å²) < 4.78 is 0. The van der Waals surface area contributed by atoms with Crippen molar-refractivity contribution in [2.45, 2.75) is 33.2 Å². The maximum Gasteiger partial charge on any atom is 0.0468 e. The van der Waals surface area contributed by atoms with Crippen LogP contribution in [0.15, 0.2) is 12.1 Å². The van der Waals surface area contributed by atoms with Crippen LogP contribution in [0, 0.1) is 12.8 Å². The lowest BCUT2D eigenvalue weighted by molar-refractivity contribution is 0.131. The Morgan fingerprint density at radius 1 is 1.35 bits per heavy atom. The van der Waals surface area contributed by atoms with E-state index in [-0.39, 0.29) is 0 Å². The summed E-state index contributed by atoms with van der Waals surface area (Å²) in [6.45, 7) is 11.5. The summed E-state index contributed by atoms with van der Waals surface area (Å²) in [5.41, 5.74) is 0. The Balaban J connectivity index is 2.17. The van der Waals surface area contributed by atoms with Crippen molar-refractivity contribution in [2.75, 3.05) is 26.2 Å². The molecular formula is C14H24N2S. The molecule has 2 heterocycles. The zero-order valence-electron chi connectivity index (χ0n) is 11.2. The Hall–Kier alpha value is -0.380. The SMILES string of the molecule is CCC(C)[C@@H](c1ccc(C)s1)N1CCNCC1. The van der Waals surface area contributed by atoms with Gasteiger partial charge in [0.1, 0.15) is 0 Å². The molecular weight excluding hydrogens is 228 g/mol. The van der Waals surface area contributed by atoms with Crippen LogP contribution in [-0.2, 0) is 0 Å². The number of thiophene rings is 1. The fraction of sp³-hybridized carbons (Fsp3) is 0.714. The van der Waals surface area contributed by atoms with Crippen LogP contribution >= 0.6 is 11.3 Å². The van der Waals surface area contributed by atoms with Gasteiger partial charge in [-0.1, -0.05) is 20.3 Å². The van der Waals surface area contributed by atoms with E-state index in [4.69, 9.17) is 0 Å². The molecule has 3 heteroatoms. The fourth-order valence-electron chi connectivity index (χ4n) is 2.62. The molecule has 0 amide bonds. The molecule has 17 heavy (non-hydrogen) atoms. The number of nitrogens with one attached hydrogen (secondary N) is 1. The molecule has 1 aliphatic rings. The van der Waals surface area contributed by atoms with Gasteiger partial charge in [-0.25, -0.2) is 0 Å². The van der Waals surface area contributed by atoms with E-state index < -0.39 is 0 Å². The summed E-state index contributed by atoms with van der Waals surface area (Å²) in [5.74, 6) is 0.742. The van der Waals surface area contributed by atoms with E-state index in [9.17, 15) is 0 Å². The minimum absolute atomic E-state index is 0.626. The molecule has 1 N–H and O–H groups in total. The maximum atomic E-state index is 3.44. The fourth-order valence-corrected chi connectivity index (χ4v) is 3.76. The zero-order valence-corrected chi connectivity index (χ0v) is 12.0. The Bertz CT molecular complexity index is 342. The smallest absolute Gasteiger partial charge is 0.0468 e. The van der Waals surface area contributed by atoms with Crippen LogP contribution in [0.4, 0.5) is 0 Å². The molecule has 1 fully saturated rings. The first-order valence-electron chi connectivity index (χ1n) is 6.73. The van der Waals surface area contributed by atoms with Crippen molar-refractivity contribution in [3.8, 4) is 0 Å². The highest BCUT2D eigenvalue weighted by atomic mass is 32.1. The second-order valence-corrected chi connectivity index (χ2v) is 6.38. The van der Waals surface area contributed by atoms with Crippen LogP contribution in [0.3, 0.4) is 0 Å². The lowest BCUT2D eigenvalue weighted by Crippen LogP contribution is -2.46. The van der Waals surface area contributed by atoms with Gasteiger partial charge in [0.05, 0.1) is 0 Å². The van der Waals surface area contributed by atoms with E-state index in [0.717, 1.165) is 19.0 Å². The standard InChI is InChI=1S/C14H24N2S/c1-4-11(2)14(13-6-5-12(3)17-13)16-9-7-15-8-10-16/h5-6,11,14-15H,4,7-10H2,1-3H3/t11?,14-/m0/s1. The van der Waals surface area contributed by atoms with E-state index in [1.54, 1.807) is 4.88 Å². The number of piperazine rings is 1. The van der Waals surface area contributed by atoms with Crippen molar-refractivity contribution in [3.63, 3.8) is 0 Å². The highest BCUT2D eigenvalue weighted by molar-refractivity contribution is 7.12. The molecule has 0 spiro atoms. The summed E-state index contributed by atoms with van der Waals surface area (Å²) in [7, 11) is 0. The van der Waals surface area contributed by atoms with Gasteiger partial charge in [0.25, 0.3) is 0 Å². The van der Waals surface area contributed by atoms with Crippen molar-refractivity contribution >= 4 is 11.3 Å². The average Bonchev–Trinajstić information content (AvgIpc) is 2.77. The summed E-state index contributed by atoms with van der Waals surface area (Å²) in [4.78, 5) is 5.65. The number of rotatable bonds is 4. The topological polar surface area (TPSA) is 15.3 Å². The van der Waals surface area contributed by atoms with Crippen LogP contribution in [0.1, 0.15) is 36.1 Å². The van der Waals surface area contributed by atoms with Crippen LogP contribution in [0.5, 0.6) is 0 Å². The molecule has 96 valence electrons. The highest BCUT2D eigenvalue weighted by Gasteiger charge is 2.27. The molecule has 1 unspecified atom stereocenters. The van der Waals surface area contributed by atoms with Gasteiger partial charge in [0, 0.05) is 42.0 Å². The molecule has 1 aromatic rings. The quantitative estimate of drug-likeness (QED) is 0.886. The first kappa shape index (κ1) is 13.1. The van der Waals surface area contributed by atoms with Crippen molar-refractivity contribution in [3.05, 3.63) is 21.9 Å². The molecule has 1 saturated heterocycles. The molecule has 0 saturated carbocycles. The third kappa shape index (κ3) is 3.09. The molecule has 0 radical (unpaired) electrons. The van der Waals surface area contributed by atoms with Gasteiger partial charge in [-0.05, 0) is 25.0 Å². The molecule has 0 aliphatic carbocycles. The largest absolute Gasteiger partial charge is 0.314 e. The second-order valence-electron chi connectivity index (χ2n) is 5.06. The molecule has 0 bridgehead atoms. The van der Waals surface area contributed by atoms with E-state index in [1.165, 1.54) is 24.4 Å². The number of aryl methyl sites for hydroxylation is 1. The van der Waals surface area contributed by atoms with Crippen molar-refractivity contribution in [1.29, 1.82) is 0 Å². The Morgan fingerprint density at radius 3 is 2.59 bits per heavy atom. The number of hydrogen-bond acceptors (Lipinski definition) is 3. The zero-order chi connectivity index (χ0) is 12.3. The Labute approximate surface area is 109 Å². The molecule has 2 rings (SSSR count). The van der Waals surface area contributed by atoms with Gasteiger partial charge in [0.15, 0.2) is 0 Å². The van der Waals surface area contributed by atoms with Crippen molar-refractivity contribution < 1.29 is 0 Å². The predicted molar refractivity (Wildman–Crippen MR) is 75.7 cm³/mol. The molecule has 2 nitrogen and oxygen atoms in total. The summed E-state index contributed by atoms with van der Waals surface area (Å²) in [6.07, 6.45) is 1.26. The molecule has 2 atom stereocenters. The number of nitrogens with zero attached hydrogens (tertiary/aromatic N) is 1. The molecule has 1 aromatic heterocycles. The van der Waals surface area contributed by atoms with E-state index in [1.807, 2.05) is 11.3 Å².